The number of benzene rings is 3. The molecule has 0 aliphatic heterocycles. The third kappa shape index (κ3) is 3.98. The van der Waals surface area contributed by atoms with E-state index in [1.165, 1.54) is 16.2 Å². The maximum atomic E-state index is 5.84. The van der Waals surface area contributed by atoms with Gasteiger partial charge in [0.15, 0.2) is 0 Å². The van der Waals surface area contributed by atoms with Gasteiger partial charge in [-0.15, -0.1) is 0 Å². The minimum atomic E-state index is -2.98. The normalized spacial score (nSPS) is 11.5. The summed E-state index contributed by atoms with van der Waals surface area (Å²) in [5, 5.41) is 4.74. The van der Waals surface area contributed by atoms with E-state index in [9.17, 15) is 0 Å². The van der Waals surface area contributed by atoms with Crippen molar-refractivity contribution in [3.05, 3.63) is 60.2 Å². The highest BCUT2D eigenvalue weighted by Gasteiger charge is 2.39. The second kappa shape index (κ2) is 8.48. The van der Waals surface area contributed by atoms with Crippen LogP contribution in [-0.2, 0) is 13.3 Å². The van der Waals surface area contributed by atoms with Crippen molar-refractivity contribution in [2.75, 3.05) is 19.8 Å². The van der Waals surface area contributed by atoms with Gasteiger partial charge in [0.25, 0.3) is 0 Å². The maximum absolute atomic E-state index is 5.84. The summed E-state index contributed by atoms with van der Waals surface area (Å²) in [5.41, 5.74) is 4.18. The Morgan fingerprint density at radius 3 is 1.92 bits per heavy atom. The highest BCUT2D eigenvalue weighted by molar-refractivity contribution is 6.69. The summed E-state index contributed by atoms with van der Waals surface area (Å²) in [6, 6.07) is 18.9. The molecule has 0 spiro atoms. The molecule has 0 aliphatic rings. The molecule has 3 aromatic carbocycles. The van der Waals surface area contributed by atoms with Crippen molar-refractivity contribution >= 4 is 30.3 Å². The third-order valence-corrected chi connectivity index (χ3v) is 6.54. The lowest BCUT2D eigenvalue weighted by molar-refractivity contribution is 0.0870. The minimum Gasteiger partial charge on any atom is -0.364 e. The van der Waals surface area contributed by atoms with Crippen LogP contribution in [0.25, 0.3) is 21.5 Å². The topological polar surface area (TPSA) is 27.7 Å². The number of hydrogen-bond donors (Lipinski definition) is 0. The molecular formula is C22H24O3Si. The fourth-order valence-electron chi connectivity index (χ4n) is 3.02. The average Bonchev–Trinajstić information content (AvgIpc) is 2.65. The summed E-state index contributed by atoms with van der Waals surface area (Å²) in [6.45, 7) is 7.35. The van der Waals surface area contributed by atoms with Crippen LogP contribution >= 0.6 is 0 Å². The number of fused-ring (bicyclic) bond motifs is 2. The summed E-state index contributed by atoms with van der Waals surface area (Å²) in [7, 11) is -2.98. The Bertz CT molecular complexity index is 939. The second-order valence-corrected chi connectivity index (χ2v) is 8.06. The maximum Gasteiger partial charge on any atom is 0.591 e. The van der Waals surface area contributed by atoms with Gasteiger partial charge in [-0.25, -0.2) is 0 Å². The molecule has 26 heavy (non-hydrogen) atoms. The molecule has 3 aromatic rings. The van der Waals surface area contributed by atoms with Crippen molar-refractivity contribution in [3.8, 4) is 11.5 Å². The van der Waals surface area contributed by atoms with E-state index < -0.39 is 8.80 Å². The molecular weight excluding hydrogens is 340 g/mol. The summed E-state index contributed by atoms with van der Waals surface area (Å²) in [6.07, 6.45) is 0. The monoisotopic (exact) mass is 364 g/mol. The van der Waals surface area contributed by atoms with Crippen LogP contribution in [0.4, 0.5) is 0 Å². The molecule has 0 radical (unpaired) electrons. The smallest absolute Gasteiger partial charge is 0.364 e. The van der Waals surface area contributed by atoms with Gasteiger partial charge < -0.3 is 13.3 Å². The lowest BCUT2D eigenvalue weighted by atomic mass is 10.0. The van der Waals surface area contributed by atoms with E-state index in [0.29, 0.717) is 19.8 Å². The predicted octanol–water partition coefficient (Wildman–Crippen LogP) is 4.93. The molecule has 0 saturated carbocycles. The van der Waals surface area contributed by atoms with Crippen LogP contribution in [0.5, 0.6) is 0 Å². The number of hydrogen-bond acceptors (Lipinski definition) is 3. The predicted molar refractivity (Wildman–Crippen MR) is 109 cm³/mol. The quantitative estimate of drug-likeness (QED) is 0.352. The zero-order valence-electron chi connectivity index (χ0n) is 15.5. The van der Waals surface area contributed by atoms with E-state index in [1.807, 2.05) is 32.9 Å². The third-order valence-electron chi connectivity index (χ3n) is 4.10. The largest absolute Gasteiger partial charge is 0.591 e. The van der Waals surface area contributed by atoms with Crippen LogP contribution in [0.1, 0.15) is 26.3 Å². The number of rotatable bonds is 6. The Labute approximate surface area is 156 Å². The first-order chi connectivity index (χ1) is 12.7. The first kappa shape index (κ1) is 18.6. The minimum absolute atomic E-state index is 0.515. The van der Waals surface area contributed by atoms with Crippen LogP contribution in [0.2, 0.25) is 0 Å². The van der Waals surface area contributed by atoms with E-state index in [-0.39, 0.29) is 0 Å². The molecule has 0 aliphatic carbocycles. The molecule has 0 amide bonds. The van der Waals surface area contributed by atoms with E-state index in [1.54, 1.807) is 0 Å². The van der Waals surface area contributed by atoms with Gasteiger partial charge in [0.2, 0.25) is 0 Å². The van der Waals surface area contributed by atoms with Gasteiger partial charge in [0, 0.05) is 25.4 Å². The van der Waals surface area contributed by atoms with Crippen molar-refractivity contribution in [1.29, 1.82) is 0 Å². The van der Waals surface area contributed by atoms with Gasteiger partial charge in [0.1, 0.15) is 0 Å². The Morgan fingerprint density at radius 2 is 1.31 bits per heavy atom. The van der Waals surface area contributed by atoms with Crippen molar-refractivity contribution < 1.29 is 13.3 Å². The first-order valence-electron chi connectivity index (χ1n) is 9.08. The summed E-state index contributed by atoms with van der Waals surface area (Å²) in [5.74, 6) is 3.28. The molecule has 134 valence electrons. The van der Waals surface area contributed by atoms with Crippen molar-refractivity contribution in [3.63, 3.8) is 0 Å². The molecule has 0 fully saturated rings. The molecule has 0 aromatic heterocycles. The Morgan fingerprint density at radius 1 is 0.731 bits per heavy atom. The molecule has 0 unspecified atom stereocenters. The molecule has 3 nitrogen and oxygen atoms in total. The SMILES string of the molecule is CCO[Si](C#Cc1cccc2cc3ccccc3cc12)(OCC)OCC. The Balaban J connectivity index is 2.10. The van der Waals surface area contributed by atoms with Gasteiger partial charge in [0.05, 0.1) is 0 Å². The second-order valence-electron chi connectivity index (χ2n) is 5.83. The van der Waals surface area contributed by atoms with Crippen molar-refractivity contribution in [2.24, 2.45) is 0 Å². The van der Waals surface area contributed by atoms with Crippen molar-refractivity contribution in [2.45, 2.75) is 20.8 Å². The first-order valence-corrected chi connectivity index (χ1v) is 10.8. The van der Waals surface area contributed by atoms with Crippen LogP contribution in [-0.4, -0.2) is 28.6 Å². The van der Waals surface area contributed by atoms with E-state index in [2.05, 4.69) is 53.9 Å². The standard InChI is InChI=1S/C22H24O3Si/c1-4-23-26(24-5-2,25-6-3)15-14-18-12-9-13-21-16-19-10-7-8-11-20(19)17-22(18)21/h7-13,16-17H,4-6H2,1-3H3. The molecule has 0 atom stereocenters. The molecule has 0 heterocycles. The highest BCUT2D eigenvalue weighted by Crippen LogP contribution is 2.25. The Kier molecular flexibility index (Phi) is 6.07. The van der Waals surface area contributed by atoms with Gasteiger partial charge in [-0.2, -0.15) is 0 Å². The summed E-state index contributed by atoms with van der Waals surface area (Å²) < 4.78 is 17.5. The molecule has 0 N–H and O–H groups in total. The summed E-state index contributed by atoms with van der Waals surface area (Å²) in [4.78, 5) is 0. The highest BCUT2D eigenvalue weighted by atomic mass is 28.4. The van der Waals surface area contributed by atoms with Gasteiger partial charge >= 0.3 is 8.80 Å². The van der Waals surface area contributed by atoms with Gasteiger partial charge in [-0.1, -0.05) is 42.3 Å². The molecule has 0 bridgehead atoms. The van der Waals surface area contributed by atoms with E-state index in [0.717, 1.165) is 10.9 Å². The van der Waals surface area contributed by atoms with Crippen LogP contribution in [0.15, 0.2) is 54.6 Å². The van der Waals surface area contributed by atoms with Crippen LogP contribution in [0, 0.1) is 11.5 Å². The van der Waals surface area contributed by atoms with Crippen molar-refractivity contribution in [1.82, 2.24) is 0 Å². The molecule has 3 rings (SSSR count). The lowest BCUT2D eigenvalue weighted by Gasteiger charge is -2.22. The zero-order valence-corrected chi connectivity index (χ0v) is 16.5. The van der Waals surface area contributed by atoms with Crippen LogP contribution < -0.4 is 0 Å². The zero-order chi connectivity index (χ0) is 18.4. The fraction of sp³-hybridized carbons (Fsp3) is 0.273. The Hall–Kier alpha value is -2.16. The fourth-order valence-corrected chi connectivity index (χ4v) is 4.92. The van der Waals surface area contributed by atoms with E-state index in [4.69, 9.17) is 13.3 Å². The molecule has 4 heteroatoms. The van der Waals surface area contributed by atoms with E-state index >= 15 is 0 Å². The molecule has 0 saturated heterocycles. The van der Waals surface area contributed by atoms with Gasteiger partial charge in [-0.3, -0.25) is 0 Å². The lowest BCUT2D eigenvalue weighted by Crippen LogP contribution is -2.45. The van der Waals surface area contributed by atoms with Crippen LogP contribution in [0.3, 0.4) is 0 Å². The average molecular weight is 365 g/mol. The summed E-state index contributed by atoms with van der Waals surface area (Å²) >= 11 is 0. The van der Waals surface area contributed by atoms with Gasteiger partial charge in [-0.05, 0) is 66.1 Å².